The van der Waals surface area contributed by atoms with E-state index in [0.717, 1.165) is 23.3 Å². The topological polar surface area (TPSA) is 63.9 Å². The number of morpholine rings is 1. The zero-order chi connectivity index (χ0) is 19.4. The van der Waals surface area contributed by atoms with Gasteiger partial charge in [-0.3, -0.25) is 0 Å². The van der Waals surface area contributed by atoms with Gasteiger partial charge in [-0.15, -0.1) is 11.3 Å². The quantitative estimate of drug-likeness (QED) is 0.734. The molecule has 148 valence electrons. The van der Waals surface area contributed by atoms with E-state index in [9.17, 15) is 8.42 Å². The number of hydrogen-bond acceptors (Lipinski definition) is 5. The molecule has 6 nitrogen and oxygen atoms in total. The first-order chi connectivity index (χ1) is 13.0. The molecule has 1 aromatic heterocycles. The summed E-state index contributed by atoms with van der Waals surface area (Å²) < 4.78 is 34.4. The van der Waals surface area contributed by atoms with Gasteiger partial charge < -0.3 is 9.30 Å². The molecule has 1 aromatic carbocycles. The molecular formula is C19H27N3O3S2. The Morgan fingerprint density at radius 3 is 2.37 bits per heavy atom. The molecule has 1 saturated heterocycles. The van der Waals surface area contributed by atoms with Gasteiger partial charge >= 0.3 is 0 Å². The first-order valence-corrected chi connectivity index (χ1v) is 11.7. The molecule has 1 fully saturated rings. The molecule has 2 heterocycles. The first kappa shape index (κ1) is 20.3. The highest BCUT2D eigenvalue weighted by Crippen LogP contribution is 2.22. The summed E-state index contributed by atoms with van der Waals surface area (Å²) in [6.07, 6.45) is 2.11. The van der Waals surface area contributed by atoms with Crippen LogP contribution in [0.5, 0.6) is 0 Å². The van der Waals surface area contributed by atoms with Crippen LogP contribution in [0.3, 0.4) is 0 Å². The summed E-state index contributed by atoms with van der Waals surface area (Å²) >= 11 is 1.62. The maximum atomic E-state index is 12.7. The predicted molar refractivity (Wildman–Crippen MR) is 108 cm³/mol. The van der Waals surface area contributed by atoms with Crippen LogP contribution in [-0.4, -0.2) is 43.6 Å². The van der Waals surface area contributed by atoms with E-state index in [1.54, 1.807) is 35.6 Å². The zero-order valence-corrected chi connectivity index (χ0v) is 17.7. The van der Waals surface area contributed by atoms with Crippen molar-refractivity contribution in [1.29, 1.82) is 0 Å². The second-order valence-electron chi connectivity index (χ2n) is 6.62. The molecule has 1 aliphatic heterocycles. The van der Waals surface area contributed by atoms with Gasteiger partial charge in [0, 0.05) is 30.2 Å². The lowest BCUT2D eigenvalue weighted by molar-refractivity contribution is 0.0730. The van der Waals surface area contributed by atoms with E-state index in [1.807, 2.05) is 0 Å². The summed E-state index contributed by atoms with van der Waals surface area (Å²) in [4.78, 5) is 6.02. The summed E-state index contributed by atoms with van der Waals surface area (Å²) in [5.41, 5.74) is 1.97. The molecule has 0 unspecified atom stereocenters. The van der Waals surface area contributed by atoms with Gasteiger partial charge in [0.2, 0.25) is 10.0 Å². The highest BCUT2D eigenvalue weighted by molar-refractivity contribution is 7.89. The summed E-state index contributed by atoms with van der Waals surface area (Å²) in [5.74, 6) is 0. The fraction of sp³-hybridized carbons (Fsp3) is 0.526. The standard InChI is InChI=1S/C19H27N3O3S2/c1-4-17(5-2)22-15(3)14-26-19(22)20-16-6-8-18(9-7-16)27(23,24)21-10-12-25-13-11-21/h6-9,14,17H,4-5,10-13H2,1-3H3. The van der Waals surface area contributed by atoms with E-state index in [0.29, 0.717) is 37.2 Å². The number of aryl methyl sites for hydroxylation is 1. The number of sulfonamides is 1. The number of aromatic nitrogens is 1. The first-order valence-electron chi connectivity index (χ1n) is 9.36. The van der Waals surface area contributed by atoms with E-state index < -0.39 is 10.0 Å². The molecule has 2 aromatic rings. The van der Waals surface area contributed by atoms with Gasteiger partial charge in [-0.1, -0.05) is 13.8 Å². The Balaban J connectivity index is 1.90. The molecule has 0 saturated carbocycles. The summed E-state index contributed by atoms with van der Waals surface area (Å²) in [7, 11) is -3.47. The lowest BCUT2D eigenvalue weighted by atomic mass is 10.1. The van der Waals surface area contributed by atoms with Gasteiger partial charge in [0.15, 0.2) is 4.80 Å². The van der Waals surface area contributed by atoms with Crippen molar-refractivity contribution in [1.82, 2.24) is 8.87 Å². The second kappa shape index (κ2) is 8.68. The summed E-state index contributed by atoms with van der Waals surface area (Å²) in [6, 6.07) is 7.27. The number of rotatable bonds is 6. The lowest BCUT2D eigenvalue weighted by Crippen LogP contribution is -2.40. The van der Waals surface area contributed by atoms with E-state index in [2.05, 4.69) is 30.7 Å². The third-order valence-electron chi connectivity index (χ3n) is 4.90. The van der Waals surface area contributed by atoms with Crippen molar-refractivity contribution in [3.05, 3.63) is 40.1 Å². The highest BCUT2D eigenvalue weighted by Gasteiger charge is 2.26. The van der Waals surface area contributed by atoms with Crippen LogP contribution >= 0.6 is 11.3 Å². The molecule has 8 heteroatoms. The molecular weight excluding hydrogens is 382 g/mol. The Bertz CT molecular complexity index is 920. The van der Waals surface area contributed by atoms with Crippen LogP contribution in [0.25, 0.3) is 0 Å². The largest absolute Gasteiger partial charge is 0.379 e. The van der Waals surface area contributed by atoms with E-state index in [-0.39, 0.29) is 0 Å². The average molecular weight is 410 g/mol. The van der Waals surface area contributed by atoms with Crippen LogP contribution < -0.4 is 4.80 Å². The van der Waals surface area contributed by atoms with Crippen LogP contribution in [0.1, 0.15) is 38.4 Å². The van der Waals surface area contributed by atoms with Crippen LogP contribution in [-0.2, 0) is 14.8 Å². The number of ether oxygens (including phenoxy) is 1. The van der Waals surface area contributed by atoms with E-state index >= 15 is 0 Å². The molecule has 0 amide bonds. The van der Waals surface area contributed by atoms with Crippen LogP contribution in [0.4, 0.5) is 5.69 Å². The SMILES string of the molecule is CCC(CC)n1c(C)csc1=Nc1ccc(S(=O)(=O)N2CCOCC2)cc1. The van der Waals surface area contributed by atoms with Crippen LogP contribution in [0.15, 0.2) is 39.5 Å². The monoisotopic (exact) mass is 409 g/mol. The lowest BCUT2D eigenvalue weighted by Gasteiger charge is -2.26. The molecule has 1 aliphatic rings. The third kappa shape index (κ3) is 4.34. The van der Waals surface area contributed by atoms with Crippen molar-refractivity contribution in [2.24, 2.45) is 4.99 Å². The maximum absolute atomic E-state index is 12.7. The van der Waals surface area contributed by atoms with Crippen molar-refractivity contribution in [2.75, 3.05) is 26.3 Å². The number of hydrogen-bond donors (Lipinski definition) is 0. The fourth-order valence-electron chi connectivity index (χ4n) is 3.32. The number of nitrogens with zero attached hydrogens (tertiary/aromatic N) is 3. The minimum Gasteiger partial charge on any atom is -0.379 e. The molecule has 0 bridgehead atoms. The van der Waals surface area contributed by atoms with E-state index in [4.69, 9.17) is 9.73 Å². The zero-order valence-electron chi connectivity index (χ0n) is 16.1. The van der Waals surface area contributed by atoms with Crippen LogP contribution in [0.2, 0.25) is 0 Å². The third-order valence-corrected chi connectivity index (χ3v) is 7.77. The smallest absolute Gasteiger partial charge is 0.243 e. The molecule has 3 rings (SSSR count). The molecule has 0 radical (unpaired) electrons. The number of benzene rings is 1. The normalized spacial score (nSPS) is 17.0. The van der Waals surface area contributed by atoms with Gasteiger partial charge in [0.25, 0.3) is 0 Å². The Hall–Kier alpha value is -1.48. The van der Waals surface area contributed by atoms with Crippen molar-refractivity contribution in [2.45, 2.75) is 44.6 Å². The Labute approximate surface area is 165 Å². The minimum atomic E-state index is -3.47. The van der Waals surface area contributed by atoms with Gasteiger partial charge in [-0.05, 0) is 44.0 Å². The Morgan fingerprint density at radius 2 is 1.78 bits per heavy atom. The van der Waals surface area contributed by atoms with Crippen molar-refractivity contribution >= 4 is 27.0 Å². The van der Waals surface area contributed by atoms with Crippen molar-refractivity contribution in [3.8, 4) is 0 Å². The van der Waals surface area contributed by atoms with Crippen LogP contribution in [0, 0.1) is 6.92 Å². The van der Waals surface area contributed by atoms with Gasteiger partial charge in [-0.25, -0.2) is 13.4 Å². The molecule has 0 aliphatic carbocycles. The van der Waals surface area contributed by atoms with E-state index in [1.165, 1.54) is 10.00 Å². The van der Waals surface area contributed by atoms with Crippen molar-refractivity contribution in [3.63, 3.8) is 0 Å². The van der Waals surface area contributed by atoms with Crippen molar-refractivity contribution < 1.29 is 13.2 Å². The minimum absolute atomic E-state index is 0.304. The maximum Gasteiger partial charge on any atom is 0.243 e. The molecule has 0 atom stereocenters. The number of thiazole rings is 1. The van der Waals surface area contributed by atoms with Gasteiger partial charge in [0.05, 0.1) is 23.8 Å². The average Bonchev–Trinajstić information content (AvgIpc) is 3.04. The van der Waals surface area contributed by atoms with Gasteiger partial charge in [0.1, 0.15) is 0 Å². The Kier molecular flexibility index (Phi) is 6.52. The second-order valence-corrected chi connectivity index (χ2v) is 9.40. The fourth-order valence-corrected chi connectivity index (χ4v) is 5.68. The predicted octanol–water partition coefficient (Wildman–Crippen LogP) is 3.47. The molecule has 27 heavy (non-hydrogen) atoms. The molecule has 0 spiro atoms. The Morgan fingerprint density at radius 1 is 1.15 bits per heavy atom. The molecule has 0 N–H and O–H groups in total. The summed E-state index contributed by atoms with van der Waals surface area (Å²) in [6.45, 7) is 8.17. The highest BCUT2D eigenvalue weighted by atomic mass is 32.2. The van der Waals surface area contributed by atoms with Gasteiger partial charge in [-0.2, -0.15) is 4.31 Å². The summed E-state index contributed by atoms with van der Waals surface area (Å²) in [5, 5.41) is 2.12.